The summed E-state index contributed by atoms with van der Waals surface area (Å²) in [7, 11) is 0. The molecule has 0 nitrogen and oxygen atoms in total. The average Bonchev–Trinajstić information content (AvgIpc) is 2.84. The highest BCUT2D eigenvalue weighted by molar-refractivity contribution is 6.00. The fourth-order valence-corrected chi connectivity index (χ4v) is 2.82. The summed E-state index contributed by atoms with van der Waals surface area (Å²) in [4.78, 5) is 0. The Labute approximate surface area is 119 Å². The predicted octanol–water partition coefficient (Wildman–Crippen LogP) is 4.95. The van der Waals surface area contributed by atoms with Gasteiger partial charge in [-0.1, -0.05) is 78.9 Å². The van der Waals surface area contributed by atoms with Crippen molar-refractivity contribution in [2.75, 3.05) is 0 Å². The quantitative estimate of drug-likeness (QED) is 0.450. The van der Waals surface area contributed by atoms with Crippen LogP contribution in [0.5, 0.6) is 0 Å². The molecule has 0 N–H and O–H groups in total. The molecule has 0 heteroatoms. The molecular weight excluding hydrogens is 240 g/mol. The third kappa shape index (κ3) is 1.70. The molecule has 1 radical (unpaired) electrons. The summed E-state index contributed by atoms with van der Waals surface area (Å²) in [5, 5.41) is 0. The zero-order valence-corrected chi connectivity index (χ0v) is 11.0. The highest BCUT2D eigenvalue weighted by Crippen LogP contribution is 2.43. The van der Waals surface area contributed by atoms with Gasteiger partial charge in [0.25, 0.3) is 0 Å². The Morgan fingerprint density at radius 2 is 0.900 bits per heavy atom. The lowest BCUT2D eigenvalue weighted by Gasteiger charge is -2.02. The molecule has 0 atom stereocenters. The van der Waals surface area contributed by atoms with E-state index in [1.807, 2.05) is 6.07 Å². The standard InChI is InChI=1S/C20H13/c1-2-8-15(9-3-1)14-20-18-12-6-4-10-16(18)17-11-5-7-13-19(17)20/h1-13H. The van der Waals surface area contributed by atoms with Crippen LogP contribution in [-0.2, 0) is 0 Å². The maximum atomic E-state index is 3.57. The van der Waals surface area contributed by atoms with Crippen LogP contribution in [0.2, 0.25) is 0 Å². The van der Waals surface area contributed by atoms with Gasteiger partial charge in [0.15, 0.2) is 0 Å². The minimum Gasteiger partial charge on any atom is -0.0622 e. The molecule has 0 unspecified atom stereocenters. The Morgan fingerprint density at radius 3 is 1.45 bits per heavy atom. The Kier molecular flexibility index (Phi) is 2.53. The van der Waals surface area contributed by atoms with Crippen molar-refractivity contribution >= 4 is 5.57 Å². The molecule has 1 aliphatic carbocycles. The van der Waals surface area contributed by atoms with Crippen molar-refractivity contribution in [3.8, 4) is 11.1 Å². The molecule has 0 spiro atoms. The highest BCUT2D eigenvalue weighted by atomic mass is 14.2. The smallest absolute Gasteiger partial charge is 0.00139 e. The second-order valence-electron chi connectivity index (χ2n) is 4.96. The van der Waals surface area contributed by atoms with Crippen LogP contribution < -0.4 is 0 Å². The van der Waals surface area contributed by atoms with Crippen molar-refractivity contribution < 1.29 is 0 Å². The largest absolute Gasteiger partial charge is 0.0622 e. The molecule has 3 aromatic rings. The summed E-state index contributed by atoms with van der Waals surface area (Å²) in [6.07, 6.45) is 3.57. The summed E-state index contributed by atoms with van der Waals surface area (Å²) in [5.74, 6) is 0. The van der Waals surface area contributed by atoms with Gasteiger partial charge in [-0.15, -0.1) is 0 Å². The molecule has 0 aromatic heterocycles. The molecule has 0 heterocycles. The fraction of sp³-hybridized carbons (Fsp3) is 0. The first-order valence-corrected chi connectivity index (χ1v) is 6.82. The van der Waals surface area contributed by atoms with Crippen LogP contribution in [0.25, 0.3) is 16.7 Å². The lowest BCUT2D eigenvalue weighted by molar-refractivity contribution is 1.55. The first-order chi connectivity index (χ1) is 9.93. The summed E-state index contributed by atoms with van der Waals surface area (Å²) >= 11 is 0. The molecule has 93 valence electrons. The van der Waals surface area contributed by atoms with Crippen molar-refractivity contribution in [3.63, 3.8) is 0 Å². The molecular formula is C20H13. The van der Waals surface area contributed by atoms with Crippen LogP contribution in [-0.4, -0.2) is 0 Å². The van der Waals surface area contributed by atoms with Gasteiger partial charge in [-0.3, -0.25) is 0 Å². The first-order valence-electron chi connectivity index (χ1n) is 6.82. The van der Waals surface area contributed by atoms with Gasteiger partial charge in [0, 0.05) is 0 Å². The maximum Gasteiger partial charge on any atom is -0.00139 e. The molecule has 0 aliphatic heterocycles. The van der Waals surface area contributed by atoms with Gasteiger partial charge < -0.3 is 0 Å². The number of rotatable bonds is 1. The van der Waals surface area contributed by atoms with Gasteiger partial charge in [-0.05, 0) is 39.5 Å². The van der Waals surface area contributed by atoms with E-state index >= 15 is 0 Å². The zero-order chi connectivity index (χ0) is 13.4. The summed E-state index contributed by atoms with van der Waals surface area (Å²) < 4.78 is 0. The van der Waals surface area contributed by atoms with Crippen LogP contribution >= 0.6 is 0 Å². The first kappa shape index (κ1) is 11.2. The van der Waals surface area contributed by atoms with Gasteiger partial charge in [-0.2, -0.15) is 0 Å². The molecule has 0 bridgehead atoms. The van der Waals surface area contributed by atoms with Gasteiger partial charge in [-0.25, -0.2) is 0 Å². The lowest BCUT2D eigenvalue weighted by Crippen LogP contribution is -1.83. The molecule has 0 amide bonds. The molecule has 4 rings (SSSR count). The monoisotopic (exact) mass is 253 g/mol. The SMILES string of the molecule is [C](=C1c2ccccc2-c2ccccc21)c1ccccc1. The lowest BCUT2D eigenvalue weighted by atomic mass is 10.0. The number of hydrogen-bond acceptors (Lipinski definition) is 0. The van der Waals surface area contributed by atoms with E-state index in [-0.39, 0.29) is 0 Å². The molecule has 0 saturated carbocycles. The van der Waals surface area contributed by atoms with Gasteiger partial charge in [0.1, 0.15) is 0 Å². The molecule has 0 saturated heterocycles. The van der Waals surface area contributed by atoms with Gasteiger partial charge in [0.2, 0.25) is 0 Å². The van der Waals surface area contributed by atoms with E-state index in [0.717, 1.165) is 5.56 Å². The number of hydrogen-bond donors (Lipinski definition) is 0. The van der Waals surface area contributed by atoms with Crippen LogP contribution in [0, 0.1) is 6.08 Å². The molecule has 3 aromatic carbocycles. The topological polar surface area (TPSA) is 0 Å². The molecule has 20 heavy (non-hydrogen) atoms. The second-order valence-corrected chi connectivity index (χ2v) is 4.96. The number of fused-ring (bicyclic) bond motifs is 3. The Morgan fingerprint density at radius 1 is 0.450 bits per heavy atom. The zero-order valence-electron chi connectivity index (χ0n) is 11.0. The van der Waals surface area contributed by atoms with E-state index in [1.54, 1.807) is 0 Å². The van der Waals surface area contributed by atoms with Crippen molar-refractivity contribution in [3.05, 3.63) is 102 Å². The van der Waals surface area contributed by atoms with E-state index in [2.05, 4.69) is 78.9 Å². The molecule has 1 aliphatic rings. The van der Waals surface area contributed by atoms with E-state index < -0.39 is 0 Å². The van der Waals surface area contributed by atoms with Crippen LogP contribution in [0.1, 0.15) is 16.7 Å². The Balaban J connectivity index is 1.99. The summed E-state index contributed by atoms with van der Waals surface area (Å²) in [6, 6.07) is 27.4. The van der Waals surface area contributed by atoms with Crippen molar-refractivity contribution in [2.45, 2.75) is 0 Å². The van der Waals surface area contributed by atoms with E-state index in [4.69, 9.17) is 0 Å². The Bertz CT molecular complexity index is 748. The van der Waals surface area contributed by atoms with Crippen LogP contribution in [0.3, 0.4) is 0 Å². The fourth-order valence-electron chi connectivity index (χ4n) is 2.82. The minimum absolute atomic E-state index is 1.12. The maximum absolute atomic E-state index is 3.57. The van der Waals surface area contributed by atoms with Crippen molar-refractivity contribution in [2.24, 2.45) is 0 Å². The van der Waals surface area contributed by atoms with Crippen LogP contribution in [0.15, 0.2) is 78.9 Å². The van der Waals surface area contributed by atoms with Crippen LogP contribution in [0.4, 0.5) is 0 Å². The predicted molar refractivity (Wildman–Crippen MR) is 83.2 cm³/mol. The second kappa shape index (κ2) is 4.50. The average molecular weight is 253 g/mol. The van der Waals surface area contributed by atoms with Crippen molar-refractivity contribution in [1.82, 2.24) is 0 Å². The van der Waals surface area contributed by atoms with E-state index in [0.29, 0.717) is 0 Å². The van der Waals surface area contributed by atoms with Crippen molar-refractivity contribution in [1.29, 1.82) is 0 Å². The highest BCUT2D eigenvalue weighted by Gasteiger charge is 2.22. The van der Waals surface area contributed by atoms with E-state index in [1.165, 1.54) is 27.8 Å². The molecule has 0 fully saturated rings. The summed E-state index contributed by atoms with van der Waals surface area (Å²) in [6.45, 7) is 0. The van der Waals surface area contributed by atoms with E-state index in [9.17, 15) is 0 Å². The normalized spacial score (nSPS) is 11.9. The number of benzene rings is 3. The third-order valence-electron chi connectivity index (χ3n) is 3.73. The minimum atomic E-state index is 1.12. The third-order valence-corrected chi connectivity index (χ3v) is 3.73. The van der Waals surface area contributed by atoms with Gasteiger partial charge in [0.05, 0.1) is 0 Å². The Hall–Kier alpha value is -2.60. The summed E-state index contributed by atoms with van der Waals surface area (Å²) in [5.41, 5.74) is 7.48. The van der Waals surface area contributed by atoms with Gasteiger partial charge >= 0.3 is 0 Å².